The summed E-state index contributed by atoms with van der Waals surface area (Å²) in [6, 6.07) is 2.89. The van der Waals surface area contributed by atoms with E-state index in [2.05, 4.69) is 15.1 Å². The van der Waals surface area contributed by atoms with Gasteiger partial charge in [0.25, 0.3) is 5.91 Å². The number of hydrogen-bond donors (Lipinski definition) is 3. The van der Waals surface area contributed by atoms with Crippen molar-refractivity contribution in [3.8, 4) is 11.5 Å². The van der Waals surface area contributed by atoms with Gasteiger partial charge in [0.15, 0.2) is 0 Å². The molecule has 12 heteroatoms. The number of anilines is 2. The van der Waals surface area contributed by atoms with Crippen LogP contribution < -0.4 is 10.2 Å². The molecule has 220 valence electrons. The quantitative estimate of drug-likeness (QED) is 0.383. The smallest absolute Gasteiger partial charge is 0.257 e. The van der Waals surface area contributed by atoms with Gasteiger partial charge in [-0.2, -0.15) is 4.98 Å². The van der Waals surface area contributed by atoms with E-state index in [-0.39, 0.29) is 28.9 Å². The number of thiophene rings is 1. The van der Waals surface area contributed by atoms with Gasteiger partial charge in [-0.05, 0) is 29.5 Å². The molecule has 0 atom stereocenters. The molecule has 0 spiro atoms. The maximum atomic E-state index is 13.6. The lowest BCUT2D eigenvalue weighted by molar-refractivity contribution is 0.0398. The fourth-order valence-electron chi connectivity index (χ4n) is 5.78. The Kier molecular flexibility index (Phi) is 8.16. The predicted molar refractivity (Wildman–Crippen MR) is 159 cm³/mol. The molecule has 3 aliphatic rings. The van der Waals surface area contributed by atoms with E-state index in [4.69, 9.17) is 19.4 Å². The van der Waals surface area contributed by atoms with E-state index in [1.807, 2.05) is 13.8 Å². The molecule has 0 bridgehead atoms. The van der Waals surface area contributed by atoms with Gasteiger partial charge in [-0.15, -0.1) is 11.3 Å². The van der Waals surface area contributed by atoms with Gasteiger partial charge in [-0.25, -0.2) is 4.98 Å². The highest BCUT2D eigenvalue weighted by Crippen LogP contribution is 2.41. The third-order valence-electron chi connectivity index (χ3n) is 8.09. The Balaban J connectivity index is 1.27. The van der Waals surface area contributed by atoms with Crippen LogP contribution in [-0.4, -0.2) is 108 Å². The molecule has 3 aromatic rings. The van der Waals surface area contributed by atoms with E-state index in [0.717, 1.165) is 73.4 Å². The molecule has 41 heavy (non-hydrogen) atoms. The SMILES string of the molecule is CC(C)c1cc(C(=O)N2CCc3c(sc4nc(NCCN5CCOCC5)nc(N5CCOCC5)c34)C2)c(O)cc1O. The number of benzene rings is 1. The van der Waals surface area contributed by atoms with Crippen LogP contribution in [0.5, 0.6) is 11.5 Å². The molecule has 0 saturated carbocycles. The normalized spacial score (nSPS) is 18.2. The lowest BCUT2D eigenvalue weighted by Crippen LogP contribution is -2.39. The number of aromatic hydroxyl groups is 2. The Morgan fingerprint density at radius 2 is 1.76 bits per heavy atom. The lowest BCUT2D eigenvalue weighted by Gasteiger charge is -2.30. The summed E-state index contributed by atoms with van der Waals surface area (Å²) in [5.41, 5.74) is 2.06. The fraction of sp³-hybridized carbons (Fsp3) is 0.552. The lowest BCUT2D eigenvalue weighted by atomic mass is 9.97. The van der Waals surface area contributed by atoms with Crippen molar-refractivity contribution in [1.29, 1.82) is 0 Å². The highest BCUT2D eigenvalue weighted by molar-refractivity contribution is 7.19. The number of hydrogen-bond acceptors (Lipinski definition) is 11. The summed E-state index contributed by atoms with van der Waals surface area (Å²) in [7, 11) is 0. The van der Waals surface area contributed by atoms with Crippen molar-refractivity contribution in [3.05, 3.63) is 33.7 Å². The van der Waals surface area contributed by atoms with E-state index in [0.29, 0.717) is 44.2 Å². The molecule has 0 radical (unpaired) electrons. The number of carbonyl (C=O) groups excluding carboxylic acids is 1. The van der Waals surface area contributed by atoms with Crippen LogP contribution in [-0.2, 0) is 22.4 Å². The van der Waals surface area contributed by atoms with Crippen LogP contribution in [0.15, 0.2) is 12.1 Å². The van der Waals surface area contributed by atoms with Gasteiger partial charge in [0.1, 0.15) is 22.1 Å². The van der Waals surface area contributed by atoms with Crippen molar-refractivity contribution in [2.75, 3.05) is 82.5 Å². The highest BCUT2D eigenvalue weighted by atomic mass is 32.1. The first kappa shape index (κ1) is 28.0. The van der Waals surface area contributed by atoms with Crippen molar-refractivity contribution in [2.45, 2.75) is 32.7 Å². The average Bonchev–Trinajstić information content (AvgIpc) is 3.35. The van der Waals surface area contributed by atoms with Crippen molar-refractivity contribution >= 4 is 39.2 Å². The van der Waals surface area contributed by atoms with Gasteiger partial charge < -0.3 is 34.8 Å². The largest absolute Gasteiger partial charge is 0.508 e. The molecule has 5 heterocycles. The number of phenols is 2. The predicted octanol–water partition coefficient (Wildman–Crippen LogP) is 3.01. The highest BCUT2D eigenvalue weighted by Gasteiger charge is 2.30. The topological polar surface area (TPSA) is 124 Å². The Hall–Kier alpha value is -3.19. The number of nitrogens with one attached hydrogen (secondary N) is 1. The number of aromatic nitrogens is 2. The van der Waals surface area contributed by atoms with Gasteiger partial charge >= 0.3 is 0 Å². The van der Waals surface area contributed by atoms with Gasteiger partial charge in [0.2, 0.25) is 5.95 Å². The van der Waals surface area contributed by atoms with E-state index in [1.54, 1.807) is 22.3 Å². The molecule has 2 aromatic heterocycles. The molecule has 2 fully saturated rings. The van der Waals surface area contributed by atoms with Crippen LogP contribution in [0.3, 0.4) is 0 Å². The zero-order chi connectivity index (χ0) is 28.5. The molecule has 2 saturated heterocycles. The maximum Gasteiger partial charge on any atom is 0.257 e. The summed E-state index contributed by atoms with van der Waals surface area (Å²) in [5.74, 6) is 1.13. The van der Waals surface area contributed by atoms with Crippen LogP contribution >= 0.6 is 11.3 Å². The second kappa shape index (κ2) is 12.0. The van der Waals surface area contributed by atoms with Gasteiger partial charge in [-0.1, -0.05) is 13.8 Å². The van der Waals surface area contributed by atoms with E-state index < -0.39 is 0 Å². The Labute approximate surface area is 243 Å². The van der Waals surface area contributed by atoms with Crippen LogP contribution in [0.25, 0.3) is 10.2 Å². The average molecular weight is 583 g/mol. The van der Waals surface area contributed by atoms with Gasteiger partial charge in [0, 0.05) is 56.8 Å². The number of fused-ring (bicyclic) bond motifs is 3. The zero-order valence-electron chi connectivity index (χ0n) is 23.7. The first-order valence-electron chi connectivity index (χ1n) is 14.4. The molecular formula is C29H38N6O5S. The number of phenolic OH excluding ortho intramolecular Hbond substituents is 2. The number of nitrogens with zero attached hydrogens (tertiary/aromatic N) is 5. The second-order valence-electron chi connectivity index (χ2n) is 11.1. The summed E-state index contributed by atoms with van der Waals surface area (Å²) in [6.45, 7) is 12.8. The first-order chi connectivity index (χ1) is 19.9. The Morgan fingerprint density at radius 1 is 1.02 bits per heavy atom. The zero-order valence-corrected chi connectivity index (χ0v) is 24.5. The molecule has 3 N–H and O–H groups in total. The molecule has 3 aliphatic heterocycles. The number of rotatable bonds is 7. The molecule has 1 amide bonds. The van der Waals surface area contributed by atoms with E-state index in [9.17, 15) is 15.0 Å². The molecule has 1 aromatic carbocycles. The van der Waals surface area contributed by atoms with Gasteiger partial charge in [-0.3, -0.25) is 9.69 Å². The molecule has 0 unspecified atom stereocenters. The maximum absolute atomic E-state index is 13.6. The minimum atomic E-state index is -0.238. The van der Waals surface area contributed by atoms with Crippen LogP contribution in [0.1, 0.15) is 46.1 Å². The van der Waals surface area contributed by atoms with Crippen molar-refractivity contribution in [2.24, 2.45) is 0 Å². The number of ether oxygens (including phenoxy) is 2. The first-order valence-corrected chi connectivity index (χ1v) is 15.2. The minimum absolute atomic E-state index is 0.00284. The van der Waals surface area contributed by atoms with Crippen LogP contribution in [0.4, 0.5) is 11.8 Å². The van der Waals surface area contributed by atoms with Crippen LogP contribution in [0, 0.1) is 0 Å². The second-order valence-corrected chi connectivity index (χ2v) is 12.2. The molecular weight excluding hydrogens is 544 g/mol. The summed E-state index contributed by atoms with van der Waals surface area (Å²) >= 11 is 1.61. The van der Waals surface area contributed by atoms with Gasteiger partial charge in [0.05, 0.1) is 43.9 Å². The van der Waals surface area contributed by atoms with Crippen molar-refractivity contribution < 1.29 is 24.5 Å². The minimum Gasteiger partial charge on any atom is -0.508 e. The summed E-state index contributed by atoms with van der Waals surface area (Å²) < 4.78 is 11.1. The van der Waals surface area contributed by atoms with E-state index in [1.165, 1.54) is 11.6 Å². The van der Waals surface area contributed by atoms with Crippen molar-refractivity contribution in [1.82, 2.24) is 19.8 Å². The Morgan fingerprint density at radius 3 is 2.49 bits per heavy atom. The van der Waals surface area contributed by atoms with E-state index >= 15 is 0 Å². The molecule has 6 rings (SSSR count). The number of amides is 1. The third kappa shape index (κ3) is 5.78. The standard InChI is InChI=1S/C29H38N6O5S/c1-18(2)20-15-21(23(37)16-22(20)36)28(38)35-5-3-19-24(17-35)41-27-25(19)26(34-9-13-40-14-10-34)31-29(32-27)30-4-6-33-7-11-39-12-8-33/h15-16,18,36-37H,3-14,17H2,1-2H3,(H,30,31,32). The summed E-state index contributed by atoms with van der Waals surface area (Å²) in [6.07, 6.45) is 0.682. The number of morpholine rings is 2. The Bertz CT molecular complexity index is 1420. The summed E-state index contributed by atoms with van der Waals surface area (Å²) in [5, 5.41) is 25.3. The third-order valence-corrected chi connectivity index (χ3v) is 9.20. The molecule has 0 aliphatic carbocycles. The van der Waals surface area contributed by atoms with Crippen LogP contribution in [0.2, 0.25) is 0 Å². The fourth-order valence-corrected chi connectivity index (χ4v) is 7.01. The monoisotopic (exact) mass is 582 g/mol. The number of carbonyl (C=O) groups is 1. The summed E-state index contributed by atoms with van der Waals surface area (Å²) in [4.78, 5) is 32.0. The van der Waals surface area contributed by atoms with Crippen molar-refractivity contribution in [3.63, 3.8) is 0 Å². The molecule has 11 nitrogen and oxygen atoms in total.